The maximum Gasteiger partial charge on any atom is 0.232 e. The van der Waals surface area contributed by atoms with Gasteiger partial charge in [0.2, 0.25) is 17.7 Å². The highest BCUT2D eigenvalue weighted by atomic mass is 32.1. The number of carbonyl (C=O) groups excluding carboxylic acids is 1. The van der Waals surface area contributed by atoms with Crippen molar-refractivity contribution >= 4 is 39.1 Å². The minimum atomic E-state index is -0.271. The van der Waals surface area contributed by atoms with Crippen LogP contribution in [0.1, 0.15) is 54.9 Å². The van der Waals surface area contributed by atoms with Crippen LogP contribution in [-0.2, 0) is 18.3 Å². The van der Waals surface area contributed by atoms with Crippen LogP contribution in [-0.4, -0.2) is 56.8 Å². The molecule has 33 heavy (non-hydrogen) atoms. The van der Waals surface area contributed by atoms with Crippen LogP contribution in [0.25, 0.3) is 10.2 Å². The Morgan fingerprint density at radius 1 is 1.27 bits per heavy atom. The van der Waals surface area contributed by atoms with Crippen LogP contribution in [0.2, 0.25) is 0 Å². The molecule has 3 heterocycles. The zero-order valence-electron chi connectivity index (χ0n) is 19.4. The summed E-state index contributed by atoms with van der Waals surface area (Å²) in [6, 6.07) is 0.600. The van der Waals surface area contributed by atoms with Gasteiger partial charge in [0, 0.05) is 30.6 Å². The van der Waals surface area contributed by atoms with E-state index in [4.69, 9.17) is 20.4 Å². The lowest BCUT2D eigenvalue weighted by atomic mass is 9.92. The number of thiophene rings is 1. The third-order valence-electron chi connectivity index (χ3n) is 6.82. The van der Waals surface area contributed by atoms with Crippen molar-refractivity contribution in [2.24, 2.45) is 12.8 Å². The molecule has 1 amide bonds. The fourth-order valence-electron chi connectivity index (χ4n) is 5.14. The van der Waals surface area contributed by atoms with Crippen LogP contribution in [0, 0.1) is 0 Å². The van der Waals surface area contributed by atoms with Crippen LogP contribution in [0.4, 0.5) is 11.6 Å². The molecule has 1 atom stereocenters. The molecule has 2 aliphatic rings. The number of hydrogen-bond acceptors (Lipinski definition) is 8. The number of ether oxygens (including phenoxy) is 1. The van der Waals surface area contributed by atoms with Gasteiger partial charge in [-0.15, -0.1) is 11.3 Å². The third kappa shape index (κ3) is 4.54. The van der Waals surface area contributed by atoms with Gasteiger partial charge in [-0.2, -0.15) is 10.1 Å². The SMILES string of the molecule is CN(C)C1CCC(Oc2nc(Nc3cnn(C)c3)nc3sc4c(c23)C(CC(N)=O)CC4)CC1. The van der Waals surface area contributed by atoms with E-state index in [-0.39, 0.29) is 17.9 Å². The number of hydrogen-bond donors (Lipinski definition) is 2. The van der Waals surface area contributed by atoms with Gasteiger partial charge in [0.25, 0.3) is 0 Å². The minimum absolute atomic E-state index is 0.110. The molecule has 3 aromatic rings. The second kappa shape index (κ2) is 8.90. The summed E-state index contributed by atoms with van der Waals surface area (Å²) in [5, 5.41) is 8.44. The molecule has 0 radical (unpaired) electrons. The maximum atomic E-state index is 11.7. The molecule has 1 saturated carbocycles. The van der Waals surface area contributed by atoms with Crippen molar-refractivity contribution in [3.8, 4) is 5.88 Å². The standard InChI is InChI=1S/C23H31N7O2S/c1-29(2)15-5-7-16(8-6-15)32-21-20-19-13(10-18(24)31)4-9-17(19)33-22(20)28-23(27-21)26-14-11-25-30(3)12-14/h11-13,15-16H,4-10H2,1-3H3,(H2,24,31)(H,26,27,28). The van der Waals surface area contributed by atoms with Crippen molar-refractivity contribution in [2.75, 3.05) is 19.4 Å². The maximum absolute atomic E-state index is 11.7. The van der Waals surface area contributed by atoms with E-state index in [1.165, 1.54) is 10.4 Å². The first kappa shape index (κ1) is 22.1. The number of amides is 1. The lowest BCUT2D eigenvalue weighted by molar-refractivity contribution is -0.118. The zero-order valence-corrected chi connectivity index (χ0v) is 20.2. The Morgan fingerprint density at radius 3 is 2.73 bits per heavy atom. The molecule has 3 aromatic heterocycles. The Bertz CT molecular complexity index is 1160. The van der Waals surface area contributed by atoms with Gasteiger partial charge in [-0.05, 0) is 64.1 Å². The number of fused-ring (bicyclic) bond motifs is 3. The number of carbonyl (C=O) groups is 1. The van der Waals surface area contributed by atoms with E-state index in [9.17, 15) is 4.79 Å². The van der Waals surface area contributed by atoms with Gasteiger partial charge in [0.15, 0.2) is 0 Å². The monoisotopic (exact) mass is 469 g/mol. The summed E-state index contributed by atoms with van der Waals surface area (Å²) < 4.78 is 8.31. The minimum Gasteiger partial charge on any atom is -0.474 e. The lowest BCUT2D eigenvalue weighted by Gasteiger charge is -2.32. The molecular formula is C23H31N7O2S. The van der Waals surface area contributed by atoms with Gasteiger partial charge < -0.3 is 20.7 Å². The highest BCUT2D eigenvalue weighted by Crippen LogP contribution is 2.48. The number of nitrogens with one attached hydrogen (secondary N) is 1. The average molecular weight is 470 g/mol. The Morgan fingerprint density at radius 2 is 2.06 bits per heavy atom. The summed E-state index contributed by atoms with van der Waals surface area (Å²) in [7, 11) is 6.16. The van der Waals surface area contributed by atoms with Crippen molar-refractivity contribution < 1.29 is 9.53 Å². The number of aromatic nitrogens is 4. The summed E-state index contributed by atoms with van der Waals surface area (Å²) in [6.45, 7) is 0. The van der Waals surface area contributed by atoms with Crippen molar-refractivity contribution in [1.82, 2.24) is 24.6 Å². The van der Waals surface area contributed by atoms with Crippen LogP contribution < -0.4 is 15.8 Å². The molecule has 0 aliphatic heterocycles. The van der Waals surface area contributed by atoms with Crippen molar-refractivity contribution in [2.45, 2.75) is 63.0 Å². The number of nitrogens with two attached hydrogens (primary N) is 1. The molecule has 0 aromatic carbocycles. The van der Waals surface area contributed by atoms with E-state index in [1.54, 1.807) is 22.2 Å². The van der Waals surface area contributed by atoms with E-state index < -0.39 is 0 Å². The second-order valence-electron chi connectivity index (χ2n) is 9.42. The van der Waals surface area contributed by atoms with Gasteiger partial charge in [-0.25, -0.2) is 4.98 Å². The summed E-state index contributed by atoms with van der Waals surface area (Å²) in [4.78, 5) is 25.8. The van der Waals surface area contributed by atoms with E-state index in [1.807, 2.05) is 13.2 Å². The summed E-state index contributed by atoms with van der Waals surface area (Å²) in [6.07, 6.45) is 10.2. The van der Waals surface area contributed by atoms with E-state index in [0.717, 1.165) is 54.4 Å². The summed E-state index contributed by atoms with van der Waals surface area (Å²) in [5.41, 5.74) is 7.55. The molecule has 3 N–H and O–H groups in total. The fraction of sp³-hybridized carbons (Fsp3) is 0.565. The number of primary amides is 1. The Kier molecular flexibility index (Phi) is 5.96. The van der Waals surface area contributed by atoms with Gasteiger partial charge in [0.1, 0.15) is 10.9 Å². The highest BCUT2D eigenvalue weighted by Gasteiger charge is 2.33. The van der Waals surface area contributed by atoms with Crippen LogP contribution in [0.3, 0.4) is 0 Å². The Labute approximate surface area is 197 Å². The number of anilines is 2. The van der Waals surface area contributed by atoms with Gasteiger partial charge in [-0.1, -0.05) is 0 Å². The van der Waals surface area contributed by atoms with Crippen molar-refractivity contribution in [1.29, 1.82) is 0 Å². The molecule has 176 valence electrons. The van der Waals surface area contributed by atoms with Gasteiger partial charge in [-0.3, -0.25) is 9.48 Å². The first-order chi connectivity index (χ1) is 15.9. The normalized spacial score (nSPS) is 22.6. The van der Waals surface area contributed by atoms with Crippen molar-refractivity contribution in [3.05, 3.63) is 22.8 Å². The molecular weight excluding hydrogens is 438 g/mol. The third-order valence-corrected chi connectivity index (χ3v) is 7.98. The molecule has 9 nitrogen and oxygen atoms in total. The Hall–Kier alpha value is -2.72. The predicted molar refractivity (Wildman–Crippen MR) is 129 cm³/mol. The predicted octanol–water partition coefficient (Wildman–Crippen LogP) is 3.33. The average Bonchev–Trinajstić information content (AvgIpc) is 3.44. The number of rotatable bonds is 7. The quantitative estimate of drug-likeness (QED) is 0.546. The molecule has 10 heteroatoms. The Balaban J connectivity index is 1.50. The largest absolute Gasteiger partial charge is 0.474 e. The van der Waals surface area contributed by atoms with Crippen molar-refractivity contribution in [3.63, 3.8) is 0 Å². The molecule has 1 unspecified atom stereocenters. The van der Waals surface area contributed by atoms with E-state index in [0.29, 0.717) is 24.3 Å². The summed E-state index contributed by atoms with van der Waals surface area (Å²) in [5.74, 6) is 0.957. The highest BCUT2D eigenvalue weighted by molar-refractivity contribution is 7.19. The first-order valence-electron chi connectivity index (χ1n) is 11.6. The van der Waals surface area contributed by atoms with Crippen LogP contribution >= 0.6 is 11.3 Å². The lowest BCUT2D eigenvalue weighted by Crippen LogP contribution is -2.35. The summed E-state index contributed by atoms with van der Waals surface area (Å²) >= 11 is 1.68. The smallest absolute Gasteiger partial charge is 0.232 e. The molecule has 5 rings (SSSR count). The second-order valence-corrected chi connectivity index (χ2v) is 10.5. The molecule has 1 fully saturated rings. The van der Waals surface area contributed by atoms with Crippen LogP contribution in [0.5, 0.6) is 5.88 Å². The topological polar surface area (TPSA) is 111 Å². The first-order valence-corrected chi connectivity index (χ1v) is 12.4. The van der Waals surface area contributed by atoms with Gasteiger partial charge in [0.05, 0.1) is 17.3 Å². The fourth-order valence-corrected chi connectivity index (χ4v) is 6.41. The van der Waals surface area contributed by atoms with Gasteiger partial charge >= 0.3 is 0 Å². The number of aryl methyl sites for hydroxylation is 2. The zero-order chi connectivity index (χ0) is 23.1. The molecule has 0 bridgehead atoms. The van der Waals surface area contributed by atoms with Crippen LogP contribution in [0.15, 0.2) is 12.4 Å². The number of nitrogens with zero attached hydrogens (tertiary/aromatic N) is 5. The molecule has 2 aliphatic carbocycles. The van der Waals surface area contributed by atoms with E-state index in [2.05, 4.69) is 29.4 Å². The molecule has 0 spiro atoms. The molecule has 0 saturated heterocycles. The van der Waals surface area contributed by atoms with E-state index >= 15 is 0 Å².